The van der Waals surface area contributed by atoms with Gasteiger partial charge < -0.3 is 5.11 Å². The normalized spacial score (nSPS) is 16.4. The van der Waals surface area contributed by atoms with Crippen LogP contribution in [-0.2, 0) is 20.7 Å². The Labute approximate surface area is 122 Å². The lowest BCUT2D eigenvalue weighted by Crippen LogP contribution is -2.35. The van der Waals surface area contributed by atoms with Crippen LogP contribution in [0.5, 0.6) is 5.75 Å². The molecule has 1 aromatic carbocycles. The number of hydrogen-bond donors (Lipinski definition) is 1. The standard InChI is InChI=1S/C16H24O3S/c1-12(17)14(11-20(5,19)16(2,3)4)10-13-6-8-15(18)9-7-13/h6-9,14,18H,5,10-11H2,1-4H3/t14-,20?/m1/s1. The van der Waals surface area contributed by atoms with Gasteiger partial charge in [0, 0.05) is 16.4 Å². The molecule has 1 unspecified atom stereocenters. The van der Waals surface area contributed by atoms with Crippen LogP contribution in [-0.4, -0.2) is 31.5 Å². The topological polar surface area (TPSA) is 54.4 Å². The molecule has 112 valence electrons. The predicted molar refractivity (Wildman–Crippen MR) is 85.9 cm³/mol. The molecule has 0 fully saturated rings. The third kappa shape index (κ3) is 4.37. The Hall–Kier alpha value is -1.29. The molecule has 0 saturated heterocycles. The largest absolute Gasteiger partial charge is 0.508 e. The molecule has 0 amide bonds. The molecule has 0 saturated carbocycles. The molecule has 0 heterocycles. The monoisotopic (exact) mass is 296 g/mol. The van der Waals surface area contributed by atoms with Crippen LogP contribution in [0.1, 0.15) is 33.3 Å². The van der Waals surface area contributed by atoms with Gasteiger partial charge in [-0.1, -0.05) is 12.1 Å². The molecule has 20 heavy (non-hydrogen) atoms. The fourth-order valence-corrected chi connectivity index (χ4v) is 3.31. The summed E-state index contributed by atoms with van der Waals surface area (Å²) in [4.78, 5) is 11.8. The van der Waals surface area contributed by atoms with E-state index in [-0.39, 0.29) is 17.5 Å². The molecule has 3 nitrogen and oxygen atoms in total. The van der Waals surface area contributed by atoms with Crippen molar-refractivity contribution in [3.63, 3.8) is 0 Å². The number of aromatic hydroxyl groups is 1. The van der Waals surface area contributed by atoms with Crippen LogP contribution in [0.3, 0.4) is 0 Å². The average molecular weight is 296 g/mol. The van der Waals surface area contributed by atoms with Crippen LogP contribution in [0.4, 0.5) is 0 Å². The molecule has 2 atom stereocenters. The van der Waals surface area contributed by atoms with Gasteiger partial charge in [-0.25, -0.2) is 0 Å². The summed E-state index contributed by atoms with van der Waals surface area (Å²) in [6.07, 6.45) is 0.526. The first-order valence-electron chi connectivity index (χ1n) is 6.66. The molecule has 1 N–H and O–H groups in total. The van der Waals surface area contributed by atoms with E-state index in [2.05, 4.69) is 5.87 Å². The molecular weight excluding hydrogens is 272 g/mol. The lowest BCUT2D eigenvalue weighted by molar-refractivity contribution is -0.120. The summed E-state index contributed by atoms with van der Waals surface area (Å²) in [5.74, 6) is 4.08. The molecule has 1 rings (SSSR count). The Bertz CT molecular complexity index is 563. The first kappa shape index (κ1) is 16.8. The van der Waals surface area contributed by atoms with Crippen molar-refractivity contribution >= 4 is 21.2 Å². The quantitative estimate of drug-likeness (QED) is 0.850. The minimum Gasteiger partial charge on any atom is -0.508 e. The van der Waals surface area contributed by atoms with Crippen molar-refractivity contribution < 1.29 is 14.1 Å². The molecule has 0 bridgehead atoms. The Kier molecular flexibility index (Phi) is 5.03. The zero-order chi connectivity index (χ0) is 15.6. The molecule has 0 aliphatic carbocycles. The van der Waals surface area contributed by atoms with Crippen LogP contribution in [0.2, 0.25) is 0 Å². The van der Waals surface area contributed by atoms with E-state index >= 15 is 0 Å². The maximum absolute atomic E-state index is 12.7. The van der Waals surface area contributed by atoms with Crippen LogP contribution in [0.15, 0.2) is 24.3 Å². The van der Waals surface area contributed by atoms with Crippen LogP contribution in [0.25, 0.3) is 0 Å². The third-order valence-corrected chi connectivity index (χ3v) is 6.75. The van der Waals surface area contributed by atoms with Crippen molar-refractivity contribution in [3.8, 4) is 5.75 Å². The fourth-order valence-electron chi connectivity index (χ4n) is 1.81. The number of rotatable bonds is 5. The number of benzene rings is 1. The molecule has 0 aromatic heterocycles. The van der Waals surface area contributed by atoms with E-state index in [0.717, 1.165) is 5.56 Å². The molecule has 0 aliphatic rings. The number of phenols is 1. The lowest BCUT2D eigenvalue weighted by Gasteiger charge is -2.27. The maximum atomic E-state index is 12.7. The Morgan fingerprint density at radius 3 is 2.20 bits per heavy atom. The second-order valence-corrected chi connectivity index (χ2v) is 9.45. The Morgan fingerprint density at radius 2 is 1.80 bits per heavy atom. The molecule has 4 heteroatoms. The van der Waals surface area contributed by atoms with Gasteiger partial charge in [0.25, 0.3) is 0 Å². The van der Waals surface area contributed by atoms with E-state index in [0.29, 0.717) is 12.2 Å². The van der Waals surface area contributed by atoms with Crippen molar-refractivity contribution in [2.24, 2.45) is 5.92 Å². The van der Waals surface area contributed by atoms with Gasteiger partial charge in [-0.15, -0.1) is 0 Å². The zero-order valence-corrected chi connectivity index (χ0v) is 13.5. The summed E-state index contributed by atoms with van der Waals surface area (Å²) in [7, 11) is -2.34. The predicted octanol–water partition coefficient (Wildman–Crippen LogP) is 2.65. The van der Waals surface area contributed by atoms with Crippen molar-refractivity contribution in [2.75, 3.05) is 5.75 Å². The number of Topliss-reactive ketones (excluding diaryl/α,β-unsaturated/α-hetero) is 1. The lowest BCUT2D eigenvalue weighted by atomic mass is 9.98. The summed E-state index contributed by atoms with van der Waals surface area (Å²) in [5.41, 5.74) is 0.951. The summed E-state index contributed by atoms with van der Waals surface area (Å²) in [6, 6.07) is 6.76. The van der Waals surface area contributed by atoms with E-state index < -0.39 is 14.3 Å². The summed E-state index contributed by atoms with van der Waals surface area (Å²) in [5, 5.41) is 9.27. The van der Waals surface area contributed by atoms with Crippen molar-refractivity contribution in [1.82, 2.24) is 0 Å². The smallest absolute Gasteiger partial charge is 0.134 e. The highest BCUT2D eigenvalue weighted by Gasteiger charge is 2.28. The number of hydrogen-bond acceptors (Lipinski definition) is 3. The number of carbonyl (C=O) groups is 1. The van der Waals surface area contributed by atoms with E-state index in [4.69, 9.17) is 0 Å². The summed E-state index contributed by atoms with van der Waals surface area (Å²) in [6.45, 7) is 7.20. The molecule has 0 spiro atoms. The van der Waals surface area contributed by atoms with E-state index in [1.165, 1.54) is 6.92 Å². The van der Waals surface area contributed by atoms with E-state index in [9.17, 15) is 14.1 Å². The van der Waals surface area contributed by atoms with Gasteiger partial charge in [-0.05, 0) is 67.2 Å². The van der Waals surface area contributed by atoms with Crippen LogP contribution in [0, 0.1) is 5.92 Å². The maximum Gasteiger partial charge on any atom is 0.134 e. The number of carbonyl (C=O) groups excluding carboxylic acids is 1. The molecule has 1 aromatic rings. The zero-order valence-electron chi connectivity index (χ0n) is 12.7. The SMILES string of the molecule is C=S(=O)(C[C@@H](Cc1ccc(O)cc1)C(C)=O)C(C)(C)C. The highest BCUT2D eigenvalue weighted by Crippen LogP contribution is 2.22. The minimum atomic E-state index is -2.34. The Balaban J connectivity index is 2.92. The van der Waals surface area contributed by atoms with Crippen molar-refractivity contribution in [3.05, 3.63) is 29.8 Å². The van der Waals surface area contributed by atoms with Gasteiger partial charge in [0.05, 0.1) is 0 Å². The molecule has 0 radical (unpaired) electrons. The first-order chi connectivity index (χ1) is 9.03. The second-order valence-electron chi connectivity index (χ2n) is 6.27. The fraction of sp³-hybridized carbons (Fsp3) is 0.500. The van der Waals surface area contributed by atoms with E-state index in [1.807, 2.05) is 20.8 Å². The summed E-state index contributed by atoms with van der Waals surface area (Å²) >= 11 is 0. The van der Waals surface area contributed by atoms with Gasteiger partial charge in [0.15, 0.2) is 0 Å². The van der Waals surface area contributed by atoms with Crippen molar-refractivity contribution in [1.29, 1.82) is 0 Å². The van der Waals surface area contributed by atoms with E-state index in [1.54, 1.807) is 24.3 Å². The number of phenolic OH excluding ortho intramolecular Hbond substituents is 1. The highest BCUT2D eigenvalue weighted by atomic mass is 32.2. The van der Waals surface area contributed by atoms with Crippen LogP contribution >= 0.6 is 0 Å². The minimum absolute atomic E-state index is 0.0266. The third-order valence-electron chi connectivity index (χ3n) is 3.58. The highest BCUT2D eigenvalue weighted by molar-refractivity contribution is 8.01. The first-order valence-corrected chi connectivity index (χ1v) is 8.55. The van der Waals surface area contributed by atoms with Crippen molar-refractivity contribution in [2.45, 2.75) is 38.9 Å². The summed E-state index contributed by atoms with van der Waals surface area (Å²) < 4.78 is 12.2. The second kappa shape index (κ2) is 6.00. The van der Waals surface area contributed by atoms with Crippen LogP contribution < -0.4 is 0 Å². The van der Waals surface area contributed by atoms with Gasteiger partial charge in [0.2, 0.25) is 0 Å². The Morgan fingerprint density at radius 1 is 1.30 bits per heavy atom. The van der Waals surface area contributed by atoms with Gasteiger partial charge in [-0.3, -0.25) is 9.00 Å². The molecular formula is C16H24O3S. The van der Waals surface area contributed by atoms with Gasteiger partial charge >= 0.3 is 0 Å². The number of ketones is 1. The van der Waals surface area contributed by atoms with Gasteiger partial charge in [-0.2, -0.15) is 0 Å². The average Bonchev–Trinajstić information content (AvgIpc) is 2.29. The van der Waals surface area contributed by atoms with Gasteiger partial charge in [0.1, 0.15) is 11.5 Å². The molecule has 0 aliphatic heterocycles.